The van der Waals surface area contributed by atoms with Crippen LogP contribution in [0.2, 0.25) is 25.7 Å². The van der Waals surface area contributed by atoms with Crippen molar-refractivity contribution in [3.8, 4) is 11.5 Å². The second-order valence-electron chi connectivity index (χ2n) is 10.1. The van der Waals surface area contributed by atoms with E-state index in [1.165, 1.54) is 24.0 Å². The zero-order valence-electron chi connectivity index (χ0n) is 21.1. The van der Waals surface area contributed by atoms with Crippen molar-refractivity contribution < 1.29 is 14.6 Å². The molecule has 0 saturated carbocycles. The lowest BCUT2D eigenvalue weighted by Gasteiger charge is -2.17. The number of unbranched alkanes of at least 4 members (excludes halogenated alkanes) is 2. The third kappa shape index (κ3) is 12.8. The first-order chi connectivity index (χ1) is 14.6. The molecule has 1 aromatic rings. The predicted molar refractivity (Wildman–Crippen MR) is 137 cm³/mol. The van der Waals surface area contributed by atoms with E-state index in [2.05, 4.69) is 65.6 Å². The quantitative estimate of drug-likeness (QED) is 0.128. The fourth-order valence-corrected chi connectivity index (χ4v) is 4.01. The van der Waals surface area contributed by atoms with E-state index < -0.39 is 8.07 Å². The molecular formula is C27H46O3Si. The van der Waals surface area contributed by atoms with Gasteiger partial charge in [0.15, 0.2) is 6.79 Å². The number of hydrogen-bond donors (Lipinski definition) is 1. The zero-order chi connectivity index (χ0) is 23.3. The number of ether oxygens (including phenoxy) is 2. The van der Waals surface area contributed by atoms with Crippen molar-refractivity contribution in [1.29, 1.82) is 0 Å². The van der Waals surface area contributed by atoms with E-state index in [1.54, 1.807) is 0 Å². The molecule has 176 valence electrons. The molecule has 0 atom stereocenters. The highest BCUT2D eigenvalue weighted by Gasteiger charge is 2.14. The SMILES string of the molecule is CCCCCc1cc(O)c(C/C=C(\C)CCC=C(C)C)c(OCOCC[Si](C)(C)C)c1. The fourth-order valence-electron chi connectivity index (χ4n) is 3.25. The summed E-state index contributed by atoms with van der Waals surface area (Å²) in [5.74, 6) is 1.09. The molecule has 1 aromatic carbocycles. The molecule has 0 spiro atoms. The van der Waals surface area contributed by atoms with Gasteiger partial charge in [0.25, 0.3) is 0 Å². The van der Waals surface area contributed by atoms with Gasteiger partial charge in [0.05, 0.1) is 0 Å². The lowest BCUT2D eigenvalue weighted by atomic mass is 10.0. The summed E-state index contributed by atoms with van der Waals surface area (Å²) in [6.45, 7) is 16.6. The molecular weight excluding hydrogens is 400 g/mol. The maximum Gasteiger partial charge on any atom is 0.189 e. The van der Waals surface area contributed by atoms with Crippen LogP contribution in [0.4, 0.5) is 0 Å². The summed E-state index contributed by atoms with van der Waals surface area (Å²) in [7, 11) is -1.11. The molecule has 0 radical (unpaired) electrons. The van der Waals surface area contributed by atoms with Crippen LogP contribution in [0.15, 0.2) is 35.4 Å². The predicted octanol–water partition coefficient (Wildman–Crippen LogP) is 8.05. The van der Waals surface area contributed by atoms with Gasteiger partial charge in [-0.3, -0.25) is 0 Å². The summed E-state index contributed by atoms with van der Waals surface area (Å²) < 4.78 is 11.8. The maximum atomic E-state index is 10.7. The van der Waals surface area contributed by atoms with E-state index in [-0.39, 0.29) is 6.79 Å². The first kappa shape index (κ1) is 27.5. The highest BCUT2D eigenvalue weighted by molar-refractivity contribution is 6.76. The minimum absolute atomic E-state index is 0.235. The Balaban J connectivity index is 2.86. The average molecular weight is 447 g/mol. The van der Waals surface area contributed by atoms with Crippen LogP contribution in [0.5, 0.6) is 11.5 Å². The van der Waals surface area contributed by atoms with Crippen molar-refractivity contribution in [2.75, 3.05) is 13.4 Å². The largest absolute Gasteiger partial charge is 0.508 e. The number of aryl methyl sites for hydroxylation is 1. The Kier molecular flexibility index (Phi) is 12.9. The molecule has 0 bridgehead atoms. The third-order valence-corrected chi connectivity index (χ3v) is 7.06. The van der Waals surface area contributed by atoms with Crippen LogP contribution in [-0.2, 0) is 17.6 Å². The first-order valence-corrected chi connectivity index (χ1v) is 15.7. The van der Waals surface area contributed by atoms with Gasteiger partial charge in [-0.25, -0.2) is 0 Å². The molecule has 0 fully saturated rings. The molecule has 0 amide bonds. The van der Waals surface area contributed by atoms with E-state index in [9.17, 15) is 5.11 Å². The molecule has 3 nitrogen and oxygen atoms in total. The van der Waals surface area contributed by atoms with E-state index in [1.807, 2.05) is 6.07 Å². The van der Waals surface area contributed by atoms with Crippen molar-refractivity contribution in [2.24, 2.45) is 0 Å². The van der Waals surface area contributed by atoms with Crippen molar-refractivity contribution in [3.05, 3.63) is 46.6 Å². The maximum absolute atomic E-state index is 10.7. The van der Waals surface area contributed by atoms with Crippen LogP contribution < -0.4 is 4.74 Å². The minimum atomic E-state index is -1.11. The Hall–Kier alpha value is -1.52. The number of phenolic OH excluding ortho intramolecular Hbond substituents is 1. The highest BCUT2D eigenvalue weighted by atomic mass is 28.3. The highest BCUT2D eigenvalue weighted by Crippen LogP contribution is 2.32. The minimum Gasteiger partial charge on any atom is -0.508 e. The molecule has 0 saturated heterocycles. The monoisotopic (exact) mass is 446 g/mol. The Morgan fingerprint density at radius 3 is 2.45 bits per heavy atom. The summed E-state index contributed by atoms with van der Waals surface area (Å²) in [4.78, 5) is 0. The van der Waals surface area contributed by atoms with E-state index >= 15 is 0 Å². The number of aromatic hydroxyl groups is 1. The van der Waals surface area contributed by atoms with E-state index in [0.717, 1.165) is 55.2 Å². The van der Waals surface area contributed by atoms with Crippen molar-refractivity contribution in [2.45, 2.75) is 98.3 Å². The standard InChI is InChI=1S/C27H46O3Si/c1-8-9-10-14-24-19-26(28)25(16-15-23(4)13-11-12-22(2)3)27(20-24)30-21-29-17-18-31(5,6)7/h12,15,19-20,28H,8-11,13-14,16-18,21H2,1-7H3/b23-15+. The molecule has 0 heterocycles. The number of benzene rings is 1. The van der Waals surface area contributed by atoms with Gasteiger partial charge in [-0.2, -0.15) is 0 Å². The summed E-state index contributed by atoms with van der Waals surface area (Å²) in [6, 6.07) is 5.13. The number of hydrogen-bond acceptors (Lipinski definition) is 3. The number of allylic oxidation sites excluding steroid dienone is 4. The Morgan fingerprint density at radius 2 is 1.81 bits per heavy atom. The summed E-state index contributed by atoms with van der Waals surface area (Å²) in [6.07, 6.45) is 11.7. The van der Waals surface area contributed by atoms with Gasteiger partial charge < -0.3 is 14.6 Å². The van der Waals surface area contributed by atoms with Crippen LogP contribution >= 0.6 is 0 Å². The fraction of sp³-hybridized carbons (Fsp3) is 0.630. The average Bonchev–Trinajstić information content (AvgIpc) is 2.66. The second-order valence-corrected chi connectivity index (χ2v) is 15.7. The number of rotatable bonds is 15. The van der Waals surface area contributed by atoms with Gasteiger partial charge in [0.2, 0.25) is 0 Å². The lowest BCUT2D eigenvalue weighted by Crippen LogP contribution is -2.22. The van der Waals surface area contributed by atoms with Gasteiger partial charge in [-0.15, -0.1) is 0 Å². The molecule has 4 heteroatoms. The van der Waals surface area contributed by atoms with Crippen molar-refractivity contribution >= 4 is 8.07 Å². The van der Waals surface area contributed by atoms with E-state index in [0.29, 0.717) is 12.2 Å². The number of phenols is 1. The summed E-state index contributed by atoms with van der Waals surface area (Å²) >= 11 is 0. The van der Waals surface area contributed by atoms with Crippen LogP contribution in [-0.4, -0.2) is 26.6 Å². The van der Waals surface area contributed by atoms with Crippen molar-refractivity contribution in [1.82, 2.24) is 0 Å². The molecule has 0 aliphatic rings. The Bertz CT molecular complexity index is 710. The van der Waals surface area contributed by atoms with Gasteiger partial charge in [-0.05, 0) is 76.6 Å². The third-order valence-electron chi connectivity index (χ3n) is 5.35. The van der Waals surface area contributed by atoms with Gasteiger partial charge in [-0.1, -0.05) is 62.7 Å². The topological polar surface area (TPSA) is 38.7 Å². The van der Waals surface area contributed by atoms with E-state index in [4.69, 9.17) is 9.47 Å². The molecule has 0 aromatic heterocycles. The zero-order valence-corrected chi connectivity index (χ0v) is 22.1. The van der Waals surface area contributed by atoms with Crippen LogP contribution in [0.25, 0.3) is 0 Å². The molecule has 0 aliphatic carbocycles. The van der Waals surface area contributed by atoms with Crippen LogP contribution in [0.3, 0.4) is 0 Å². The second kappa shape index (κ2) is 14.5. The van der Waals surface area contributed by atoms with Gasteiger partial charge >= 0.3 is 0 Å². The smallest absolute Gasteiger partial charge is 0.189 e. The molecule has 0 unspecified atom stereocenters. The molecule has 31 heavy (non-hydrogen) atoms. The van der Waals surface area contributed by atoms with Crippen LogP contribution in [0, 0.1) is 0 Å². The lowest BCUT2D eigenvalue weighted by molar-refractivity contribution is 0.0214. The summed E-state index contributed by atoms with van der Waals surface area (Å²) in [5, 5.41) is 10.7. The van der Waals surface area contributed by atoms with Gasteiger partial charge in [0.1, 0.15) is 11.5 Å². The molecule has 1 rings (SSSR count). The van der Waals surface area contributed by atoms with Gasteiger partial charge in [0, 0.05) is 20.2 Å². The normalized spacial score (nSPS) is 12.2. The summed E-state index contributed by atoms with van der Waals surface area (Å²) in [5.41, 5.74) is 4.68. The van der Waals surface area contributed by atoms with Crippen LogP contribution in [0.1, 0.15) is 70.9 Å². The molecule has 0 aliphatic heterocycles. The van der Waals surface area contributed by atoms with Crippen molar-refractivity contribution in [3.63, 3.8) is 0 Å². The molecule has 1 N–H and O–H groups in total. The Morgan fingerprint density at radius 1 is 1.06 bits per heavy atom. The first-order valence-electron chi connectivity index (χ1n) is 12.0. The Labute approximate surface area is 192 Å².